The minimum absolute atomic E-state index is 0.606. The van der Waals surface area contributed by atoms with E-state index in [4.69, 9.17) is 0 Å². The Morgan fingerprint density at radius 3 is 3.00 bits per heavy atom. The summed E-state index contributed by atoms with van der Waals surface area (Å²) in [6.07, 6.45) is 9.34. The Hall–Kier alpha value is -0.330. The molecule has 3 atom stereocenters. The second-order valence-electron chi connectivity index (χ2n) is 4.09. The van der Waals surface area contributed by atoms with E-state index in [2.05, 4.69) is 18.1 Å². The fourth-order valence-electron chi connectivity index (χ4n) is 2.48. The Kier molecular flexibility index (Phi) is 1.97. The van der Waals surface area contributed by atoms with Crippen molar-refractivity contribution >= 4 is 6.21 Å². The molecule has 62 valence electrons. The van der Waals surface area contributed by atoms with Crippen LogP contribution in [0, 0.1) is 11.8 Å². The van der Waals surface area contributed by atoms with Crippen molar-refractivity contribution in [2.75, 3.05) is 0 Å². The van der Waals surface area contributed by atoms with E-state index in [1.807, 2.05) is 0 Å². The van der Waals surface area contributed by atoms with Crippen molar-refractivity contribution < 1.29 is 0 Å². The third kappa shape index (κ3) is 1.47. The van der Waals surface area contributed by atoms with Gasteiger partial charge < -0.3 is 0 Å². The standard InChI is InChI=1S/C10H17N/c1-8-6-9-4-2-3-5-10(9)7-11-8/h7-10H,2-6H2,1H3/t8-,9?,10?/m1/s1. The molecule has 1 nitrogen and oxygen atoms in total. The average molecular weight is 151 g/mol. The van der Waals surface area contributed by atoms with Gasteiger partial charge >= 0.3 is 0 Å². The van der Waals surface area contributed by atoms with E-state index in [1.54, 1.807) is 0 Å². The molecule has 0 saturated heterocycles. The van der Waals surface area contributed by atoms with Gasteiger partial charge in [0.05, 0.1) is 0 Å². The highest BCUT2D eigenvalue weighted by Crippen LogP contribution is 2.34. The summed E-state index contributed by atoms with van der Waals surface area (Å²) in [5.41, 5.74) is 0. The van der Waals surface area contributed by atoms with E-state index < -0.39 is 0 Å². The highest BCUT2D eigenvalue weighted by molar-refractivity contribution is 5.62. The van der Waals surface area contributed by atoms with Crippen LogP contribution < -0.4 is 0 Å². The second kappa shape index (κ2) is 2.96. The molecule has 2 aliphatic rings. The highest BCUT2D eigenvalue weighted by atomic mass is 14.8. The molecule has 0 amide bonds. The molecule has 1 fully saturated rings. The van der Waals surface area contributed by atoms with Crippen LogP contribution in [-0.2, 0) is 0 Å². The van der Waals surface area contributed by atoms with E-state index >= 15 is 0 Å². The molecule has 0 aromatic heterocycles. The summed E-state index contributed by atoms with van der Waals surface area (Å²) in [5.74, 6) is 1.83. The summed E-state index contributed by atoms with van der Waals surface area (Å²) >= 11 is 0. The molecular formula is C10H17N. The Morgan fingerprint density at radius 1 is 1.27 bits per heavy atom. The summed E-state index contributed by atoms with van der Waals surface area (Å²) in [4.78, 5) is 4.49. The predicted octanol–water partition coefficient (Wildman–Crippen LogP) is 2.66. The number of hydrogen-bond donors (Lipinski definition) is 0. The summed E-state index contributed by atoms with van der Waals surface area (Å²) in [7, 11) is 0. The Labute approximate surface area is 68.9 Å². The van der Waals surface area contributed by atoms with Crippen LogP contribution in [-0.4, -0.2) is 12.3 Å². The Morgan fingerprint density at radius 2 is 2.09 bits per heavy atom. The third-order valence-electron chi connectivity index (χ3n) is 3.14. The molecule has 1 aliphatic carbocycles. The van der Waals surface area contributed by atoms with Gasteiger partial charge in [-0.15, -0.1) is 0 Å². The van der Waals surface area contributed by atoms with Crippen molar-refractivity contribution in [1.29, 1.82) is 0 Å². The molecular weight excluding hydrogens is 134 g/mol. The molecule has 11 heavy (non-hydrogen) atoms. The first-order chi connectivity index (χ1) is 5.36. The van der Waals surface area contributed by atoms with Crippen LogP contribution >= 0.6 is 0 Å². The summed E-state index contributed by atoms with van der Waals surface area (Å²) in [5, 5.41) is 0. The number of fused-ring (bicyclic) bond motifs is 1. The number of hydrogen-bond acceptors (Lipinski definition) is 1. The maximum Gasteiger partial charge on any atom is 0.0470 e. The number of rotatable bonds is 0. The maximum atomic E-state index is 4.49. The van der Waals surface area contributed by atoms with Gasteiger partial charge in [-0.05, 0) is 38.0 Å². The van der Waals surface area contributed by atoms with Gasteiger partial charge in [0.2, 0.25) is 0 Å². The van der Waals surface area contributed by atoms with Crippen LogP contribution in [0.5, 0.6) is 0 Å². The average Bonchev–Trinajstić information content (AvgIpc) is 2.04. The molecule has 1 heterocycles. The van der Waals surface area contributed by atoms with Crippen molar-refractivity contribution in [3.63, 3.8) is 0 Å². The number of aliphatic imine (C=N–C) groups is 1. The normalized spacial score (nSPS) is 43.5. The van der Waals surface area contributed by atoms with Gasteiger partial charge in [-0.1, -0.05) is 12.8 Å². The summed E-state index contributed by atoms with van der Waals surface area (Å²) < 4.78 is 0. The van der Waals surface area contributed by atoms with Crippen molar-refractivity contribution in [2.45, 2.75) is 45.1 Å². The van der Waals surface area contributed by atoms with Gasteiger partial charge in [0, 0.05) is 12.3 Å². The van der Waals surface area contributed by atoms with Crippen molar-refractivity contribution in [3.05, 3.63) is 0 Å². The van der Waals surface area contributed by atoms with Gasteiger partial charge in [0.15, 0.2) is 0 Å². The predicted molar refractivity (Wildman–Crippen MR) is 48.0 cm³/mol. The van der Waals surface area contributed by atoms with Gasteiger partial charge in [-0.2, -0.15) is 0 Å². The zero-order valence-electron chi connectivity index (χ0n) is 7.29. The Bertz CT molecular complexity index is 162. The molecule has 0 aromatic carbocycles. The molecule has 1 heteroatoms. The molecule has 0 aromatic rings. The fourth-order valence-corrected chi connectivity index (χ4v) is 2.48. The first-order valence-electron chi connectivity index (χ1n) is 4.89. The minimum atomic E-state index is 0.606. The SMILES string of the molecule is C[C@@H]1CC2CCCCC2C=N1. The summed E-state index contributed by atoms with van der Waals surface area (Å²) in [6, 6.07) is 0.606. The lowest BCUT2D eigenvalue weighted by Gasteiger charge is -2.33. The van der Waals surface area contributed by atoms with Gasteiger partial charge in [0.25, 0.3) is 0 Å². The van der Waals surface area contributed by atoms with Crippen LogP contribution in [0.1, 0.15) is 39.0 Å². The quantitative estimate of drug-likeness (QED) is 0.504. The summed E-state index contributed by atoms with van der Waals surface area (Å²) in [6.45, 7) is 2.24. The first kappa shape index (κ1) is 7.33. The molecule has 0 radical (unpaired) electrons. The second-order valence-corrected chi connectivity index (χ2v) is 4.09. The molecule has 2 unspecified atom stereocenters. The molecule has 0 bridgehead atoms. The van der Waals surface area contributed by atoms with E-state index in [9.17, 15) is 0 Å². The smallest absolute Gasteiger partial charge is 0.0470 e. The fraction of sp³-hybridized carbons (Fsp3) is 0.900. The van der Waals surface area contributed by atoms with Crippen LogP contribution in [0.3, 0.4) is 0 Å². The van der Waals surface area contributed by atoms with Crippen LogP contribution in [0.4, 0.5) is 0 Å². The maximum absolute atomic E-state index is 4.49. The zero-order valence-corrected chi connectivity index (χ0v) is 7.29. The van der Waals surface area contributed by atoms with E-state index in [1.165, 1.54) is 32.1 Å². The Balaban J connectivity index is 2.05. The zero-order chi connectivity index (χ0) is 7.68. The van der Waals surface area contributed by atoms with Crippen LogP contribution in [0.25, 0.3) is 0 Å². The van der Waals surface area contributed by atoms with Crippen LogP contribution in [0.15, 0.2) is 4.99 Å². The van der Waals surface area contributed by atoms with E-state index in [-0.39, 0.29) is 0 Å². The molecule has 0 N–H and O–H groups in total. The van der Waals surface area contributed by atoms with Gasteiger partial charge in [0.1, 0.15) is 0 Å². The third-order valence-corrected chi connectivity index (χ3v) is 3.14. The minimum Gasteiger partial charge on any atom is -0.294 e. The lowest BCUT2D eigenvalue weighted by Crippen LogP contribution is -2.27. The molecule has 1 saturated carbocycles. The van der Waals surface area contributed by atoms with Crippen LogP contribution in [0.2, 0.25) is 0 Å². The first-order valence-corrected chi connectivity index (χ1v) is 4.89. The van der Waals surface area contributed by atoms with Crippen molar-refractivity contribution in [2.24, 2.45) is 16.8 Å². The monoisotopic (exact) mass is 151 g/mol. The van der Waals surface area contributed by atoms with E-state index in [0.29, 0.717) is 6.04 Å². The lowest BCUT2D eigenvalue weighted by atomic mass is 9.75. The van der Waals surface area contributed by atoms with Crippen molar-refractivity contribution in [3.8, 4) is 0 Å². The molecule has 2 rings (SSSR count). The number of nitrogens with zero attached hydrogens (tertiary/aromatic N) is 1. The van der Waals surface area contributed by atoms with Crippen molar-refractivity contribution in [1.82, 2.24) is 0 Å². The molecule has 0 spiro atoms. The van der Waals surface area contributed by atoms with Gasteiger partial charge in [-0.25, -0.2) is 0 Å². The largest absolute Gasteiger partial charge is 0.294 e. The molecule has 1 aliphatic heterocycles. The lowest BCUT2D eigenvalue weighted by molar-refractivity contribution is 0.263. The highest BCUT2D eigenvalue weighted by Gasteiger charge is 2.27. The van der Waals surface area contributed by atoms with Gasteiger partial charge in [-0.3, -0.25) is 4.99 Å². The van der Waals surface area contributed by atoms with E-state index in [0.717, 1.165) is 11.8 Å². The topological polar surface area (TPSA) is 12.4 Å².